The van der Waals surface area contributed by atoms with Gasteiger partial charge in [-0.1, -0.05) is 37.3 Å². The van der Waals surface area contributed by atoms with E-state index in [2.05, 4.69) is 0 Å². The van der Waals surface area contributed by atoms with E-state index in [1.807, 2.05) is 37.3 Å². The number of carbonyl (C=O) groups is 2. The van der Waals surface area contributed by atoms with Crippen molar-refractivity contribution in [1.29, 1.82) is 0 Å². The normalized spacial score (nSPS) is 38.6. The van der Waals surface area contributed by atoms with Crippen LogP contribution in [0.4, 0.5) is 0 Å². The maximum atomic E-state index is 12.6. The highest BCUT2D eigenvalue weighted by molar-refractivity contribution is 6.05. The molecule has 3 aliphatic rings. The van der Waals surface area contributed by atoms with Crippen molar-refractivity contribution < 1.29 is 14.3 Å². The number of benzene rings is 1. The zero-order chi connectivity index (χ0) is 13.9. The van der Waals surface area contributed by atoms with Gasteiger partial charge in [0.15, 0.2) is 0 Å². The van der Waals surface area contributed by atoms with Gasteiger partial charge in [0, 0.05) is 0 Å². The maximum absolute atomic E-state index is 12.6. The number of nitrogens with zero attached hydrogens (tertiary/aromatic N) is 1. The molecule has 0 aromatic heterocycles. The Balaban J connectivity index is 1.60. The van der Waals surface area contributed by atoms with Crippen LogP contribution in [0.25, 0.3) is 0 Å². The number of rotatable bonds is 2. The van der Waals surface area contributed by atoms with Crippen LogP contribution in [0.15, 0.2) is 30.3 Å². The smallest absolute Gasteiger partial charge is 0.233 e. The molecule has 4 nitrogen and oxygen atoms in total. The van der Waals surface area contributed by atoms with Crippen molar-refractivity contribution in [3.63, 3.8) is 0 Å². The predicted octanol–water partition coefficient (Wildman–Crippen LogP) is 1.60. The second-order valence-corrected chi connectivity index (χ2v) is 6.11. The first kappa shape index (κ1) is 12.1. The quantitative estimate of drug-likeness (QED) is 0.606. The minimum atomic E-state index is -0.171. The van der Waals surface area contributed by atoms with Gasteiger partial charge in [0.05, 0.1) is 30.6 Å². The molecule has 2 amide bonds. The van der Waals surface area contributed by atoms with Gasteiger partial charge in [-0.3, -0.25) is 14.5 Å². The van der Waals surface area contributed by atoms with Gasteiger partial charge >= 0.3 is 0 Å². The summed E-state index contributed by atoms with van der Waals surface area (Å²) in [7, 11) is 0. The predicted molar refractivity (Wildman–Crippen MR) is 71.4 cm³/mol. The van der Waals surface area contributed by atoms with Crippen LogP contribution in [0.2, 0.25) is 0 Å². The third kappa shape index (κ3) is 1.64. The summed E-state index contributed by atoms with van der Waals surface area (Å²) >= 11 is 0. The first-order chi connectivity index (χ1) is 9.66. The van der Waals surface area contributed by atoms with E-state index in [0.717, 1.165) is 12.0 Å². The highest BCUT2D eigenvalue weighted by Gasteiger charge is 2.61. The first-order valence-electron chi connectivity index (χ1n) is 7.21. The van der Waals surface area contributed by atoms with E-state index in [-0.39, 0.29) is 41.8 Å². The number of fused-ring (bicyclic) bond motifs is 2. The molecule has 1 aromatic carbocycles. The second-order valence-electron chi connectivity index (χ2n) is 6.11. The van der Waals surface area contributed by atoms with Crippen LogP contribution in [-0.2, 0) is 20.9 Å². The van der Waals surface area contributed by atoms with Crippen molar-refractivity contribution in [2.45, 2.75) is 32.1 Å². The van der Waals surface area contributed by atoms with Crippen molar-refractivity contribution in [3.05, 3.63) is 35.9 Å². The number of imide groups is 1. The summed E-state index contributed by atoms with van der Waals surface area (Å²) in [5, 5.41) is 0. The number of hydrogen-bond acceptors (Lipinski definition) is 3. The Morgan fingerprint density at radius 2 is 1.95 bits per heavy atom. The number of ether oxygens (including phenoxy) is 1. The van der Waals surface area contributed by atoms with Crippen LogP contribution in [0.3, 0.4) is 0 Å². The van der Waals surface area contributed by atoms with Gasteiger partial charge in [0.25, 0.3) is 0 Å². The molecule has 0 bridgehead atoms. The standard InChI is InChI=1S/C16H17NO3/c1-9-13-11(7-12-14(9)20-12)15(18)17(16(13)19)8-10-5-3-2-4-6-10/h2-6,9,11-14H,7-8H2,1H3. The first-order valence-corrected chi connectivity index (χ1v) is 7.21. The molecule has 20 heavy (non-hydrogen) atoms. The van der Waals surface area contributed by atoms with Gasteiger partial charge in [-0.05, 0) is 17.9 Å². The fourth-order valence-corrected chi connectivity index (χ4v) is 3.84. The molecule has 1 saturated carbocycles. The van der Waals surface area contributed by atoms with Crippen LogP contribution >= 0.6 is 0 Å². The fraction of sp³-hybridized carbons (Fsp3) is 0.500. The van der Waals surface area contributed by atoms with Crippen molar-refractivity contribution in [2.75, 3.05) is 0 Å². The summed E-state index contributed by atoms with van der Waals surface area (Å²) in [4.78, 5) is 26.5. The molecule has 4 rings (SSSR count). The molecule has 3 fully saturated rings. The lowest BCUT2D eigenvalue weighted by atomic mass is 9.74. The average Bonchev–Trinajstić information content (AvgIpc) is 3.20. The maximum Gasteiger partial charge on any atom is 0.233 e. The van der Waals surface area contributed by atoms with Crippen LogP contribution < -0.4 is 0 Å². The molecule has 2 saturated heterocycles. The Bertz CT molecular complexity index is 570. The lowest BCUT2D eigenvalue weighted by Crippen LogP contribution is -2.34. The fourth-order valence-electron chi connectivity index (χ4n) is 3.84. The molecule has 1 aromatic rings. The molecule has 2 aliphatic heterocycles. The zero-order valence-corrected chi connectivity index (χ0v) is 11.4. The summed E-state index contributed by atoms with van der Waals surface area (Å²) in [5.74, 6) is -0.189. The molecule has 0 N–H and O–H groups in total. The van der Waals surface area contributed by atoms with E-state index < -0.39 is 0 Å². The van der Waals surface area contributed by atoms with Gasteiger partial charge < -0.3 is 4.74 Å². The largest absolute Gasteiger partial charge is 0.369 e. The molecule has 0 radical (unpaired) electrons. The van der Waals surface area contributed by atoms with Gasteiger partial charge in [0.2, 0.25) is 11.8 Å². The van der Waals surface area contributed by atoms with E-state index in [0.29, 0.717) is 6.54 Å². The Morgan fingerprint density at radius 1 is 1.20 bits per heavy atom. The zero-order valence-electron chi connectivity index (χ0n) is 11.4. The number of amides is 2. The molecule has 5 unspecified atom stereocenters. The summed E-state index contributed by atoms with van der Waals surface area (Å²) in [6, 6.07) is 9.70. The molecular weight excluding hydrogens is 254 g/mol. The van der Waals surface area contributed by atoms with Crippen LogP contribution in [0.1, 0.15) is 18.9 Å². The van der Waals surface area contributed by atoms with E-state index in [4.69, 9.17) is 4.74 Å². The minimum absolute atomic E-state index is 0.00898. The van der Waals surface area contributed by atoms with Crippen molar-refractivity contribution in [3.8, 4) is 0 Å². The summed E-state index contributed by atoms with van der Waals surface area (Å²) in [6.45, 7) is 2.44. The Labute approximate surface area is 117 Å². The van der Waals surface area contributed by atoms with Gasteiger partial charge in [0.1, 0.15) is 0 Å². The van der Waals surface area contributed by atoms with E-state index in [1.165, 1.54) is 4.90 Å². The van der Waals surface area contributed by atoms with E-state index >= 15 is 0 Å². The van der Waals surface area contributed by atoms with Gasteiger partial charge in [-0.15, -0.1) is 0 Å². The monoisotopic (exact) mass is 271 g/mol. The van der Waals surface area contributed by atoms with Crippen LogP contribution in [-0.4, -0.2) is 28.9 Å². The lowest BCUT2D eigenvalue weighted by Gasteiger charge is -2.23. The molecule has 104 valence electrons. The Morgan fingerprint density at radius 3 is 2.70 bits per heavy atom. The van der Waals surface area contributed by atoms with Crippen molar-refractivity contribution >= 4 is 11.8 Å². The molecule has 4 heteroatoms. The highest BCUT2D eigenvalue weighted by atomic mass is 16.6. The number of likely N-dealkylation sites (tertiary alicyclic amines) is 1. The Kier molecular flexibility index (Phi) is 2.51. The molecule has 0 spiro atoms. The van der Waals surface area contributed by atoms with E-state index in [1.54, 1.807) is 0 Å². The van der Waals surface area contributed by atoms with E-state index in [9.17, 15) is 9.59 Å². The molecule has 1 aliphatic carbocycles. The molecule has 5 atom stereocenters. The third-order valence-corrected chi connectivity index (χ3v) is 4.94. The number of epoxide rings is 1. The minimum Gasteiger partial charge on any atom is -0.369 e. The van der Waals surface area contributed by atoms with Gasteiger partial charge in [-0.25, -0.2) is 0 Å². The number of hydrogen-bond donors (Lipinski definition) is 0. The average molecular weight is 271 g/mol. The SMILES string of the molecule is CC1C2OC2CC2C(=O)N(Cc3ccccc3)C(=O)C21. The van der Waals surface area contributed by atoms with Gasteiger partial charge in [-0.2, -0.15) is 0 Å². The summed E-state index contributed by atoms with van der Waals surface area (Å²) < 4.78 is 5.55. The topological polar surface area (TPSA) is 49.9 Å². The van der Waals surface area contributed by atoms with Crippen molar-refractivity contribution in [2.24, 2.45) is 17.8 Å². The third-order valence-electron chi connectivity index (χ3n) is 4.94. The second kappa shape index (κ2) is 4.16. The van der Waals surface area contributed by atoms with Crippen LogP contribution in [0, 0.1) is 17.8 Å². The lowest BCUT2D eigenvalue weighted by molar-refractivity contribution is -0.141. The molecule has 2 heterocycles. The van der Waals surface area contributed by atoms with Crippen LogP contribution in [0.5, 0.6) is 0 Å². The highest BCUT2D eigenvalue weighted by Crippen LogP contribution is 2.50. The summed E-state index contributed by atoms with van der Waals surface area (Å²) in [5.41, 5.74) is 1.00. The Hall–Kier alpha value is -1.68. The summed E-state index contributed by atoms with van der Waals surface area (Å²) in [6.07, 6.45) is 1.12. The molecular formula is C16H17NO3. The van der Waals surface area contributed by atoms with Crippen molar-refractivity contribution in [1.82, 2.24) is 4.90 Å². The number of carbonyl (C=O) groups excluding carboxylic acids is 2.